The van der Waals surface area contributed by atoms with Crippen LogP contribution >= 0.6 is 15.9 Å². The summed E-state index contributed by atoms with van der Waals surface area (Å²) in [5.74, 6) is 0.470. The van der Waals surface area contributed by atoms with Gasteiger partial charge in [-0.15, -0.1) is 0 Å². The standard InChI is InChI=1S/C21H22BrFN2O4/c1-14(29-19-8-5-16(23)13-18(19)22)20(26)24-9-11-25(12-10-24)21(27)15-3-6-17(28-2)7-4-15/h3-8,13-14H,9-12H2,1-2H3. The number of hydrogen-bond acceptors (Lipinski definition) is 4. The highest BCUT2D eigenvalue weighted by molar-refractivity contribution is 9.10. The fourth-order valence-corrected chi connectivity index (χ4v) is 3.56. The van der Waals surface area contributed by atoms with Crippen molar-refractivity contribution in [1.29, 1.82) is 0 Å². The van der Waals surface area contributed by atoms with E-state index in [9.17, 15) is 14.0 Å². The molecule has 0 radical (unpaired) electrons. The Kier molecular flexibility index (Phi) is 6.74. The first-order valence-corrected chi connectivity index (χ1v) is 10.0. The number of amides is 2. The molecule has 1 fully saturated rings. The number of ether oxygens (including phenoxy) is 2. The lowest BCUT2D eigenvalue weighted by molar-refractivity contribution is -0.139. The van der Waals surface area contributed by atoms with E-state index in [4.69, 9.17) is 9.47 Å². The summed E-state index contributed by atoms with van der Waals surface area (Å²) in [7, 11) is 1.58. The lowest BCUT2D eigenvalue weighted by Gasteiger charge is -2.36. The van der Waals surface area contributed by atoms with Crippen molar-refractivity contribution < 1.29 is 23.5 Å². The van der Waals surface area contributed by atoms with E-state index in [-0.39, 0.29) is 17.6 Å². The Morgan fingerprint density at radius 1 is 1.03 bits per heavy atom. The van der Waals surface area contributed by atoms with Crippen molar-refractivity contribution >= 4 is 27.7 Å². The molecular weight excluding hydrogens is 443 g/mol. The summed E-state index contributed by atoms with van der Waals surface area (Å²) >= 11 is 3.23. The van der Waals surface area contributed by atoms with E-state index in [0.717, 1.165) is 0 Å². The van der Waals surface area contributed by atoms with Gasteiger partial charge in [0.15, 0.2) is 6.10 Å². The number of rotatable bonds is 5. The maximum Gasteiger partial charge on any atom is 0.263 e. The molecule has 0 spiro atoms. The van der Waals surface area contributed by atoms with Crippen molar-refractivity contribution in [2.45, 2.75) is 13.0 Å². The molecule has 1 atom stereocenters. The molecule has 2 aromatic carbocycles. The summed E-state index contributed by atoms with van der Waals surface area (Å²) in [6.07, 6.45) is -0.722. The first-order valence-electron chi connectivity index (χ1n) is 9.23. The minimum absolute atomic E-state index is 0.0701. The number of piperazine rings is 1. The molecule has 0 aromatic heterocycles. The van der Waals surface area contributed by atoms with Crippen molar-refractivity contribution in [3.63, 3.8) is 0 Å². The van der Waals surface area contributed by atoms with Crippen LogP contribution in [0.15, 0.2) is 46.9 Å². The normalized spacial score (nSPS) is 15.0. The fraction of sp³-hybridized carbons (Fsp3) is 0.333. The molecule has 1 aliphatic heterocycles. The van der Waals surface area contributed by atoms with E-state index < -0.39 is 6.10 Å². The summed E-state index contributed by atoms with van der Waals surface area (Å²) in [5.41, 5.74) is 0.587. The van der Waals surface area contributed by atoms with Crippen LogP contribution in [-0.4, -0.2) is 61.0 Å². The molecule has 2 aromatic rings. The lowest BCUT2D eigenvalue weighted by atomic mass is 10.1. The van der Waals surface area contributed by atoms with Gasteiger partial charge in [0.1, 0.15) is 17.3 Å². The highest BCUT2D eigenvalue weighted by atomic mass is 79.9. The molecule has 1 saturated heterocycles. The van der Waals surface area contributed by atoms with Gasteiger partial charge in [-0.25, -0.2) is 4.39 Å². The summed E-state index contributed by atoms with van der Waals surface area (Å²) in [6.45, 7) is 3.41. The van der Waals surface area contributed by atoms with Gasteiger partial charge in [0.05, 0.1) is 11.6 Å². The third kappa shape index (κ3) is 5.06. The van der Waals surface area contributed by atoms with Crippen LogP contribution in [0.1, 0.15) is 17.3 Å². The number of nitrogens with zero attached hydrogens (tertiary/aromatic N) is 2. The van der Waals surface area contributed by atoms with Crippen LogP contribution in [0.2, 0.25) is 0 Å². The molecule has 6 nitrogen and oxygen atoms in total. The van der Waals surface area contributed by atoms with Crippen LogP contribution in [0.4, 0.5) is 4.39 Å². The van der Waals surface area contributed by atoms with Gasteiger partial charge in [0.25, 0.3) is 11.8 Å². The Balaban J connectivity index is 1.55. The maximum absolute atomic E-state index is 13.2. The Hall–Kier alpha value is -2.61. The molecule has 8 heteroatoms. The second-order valence-corrected chi connectivity index (χ2v) is 7.54. The van der Waals surface area contributed by atoms with E-state index in [1.165, 1.54) is 18.2 Å². The smallest absolute Gasteiger partial charge is 0.263 e. The zero-order valence-electron chi connectivity index (χ0n) is 16.2. The van der Waals surface area contributed by atoms with Gasteiger partial charge >= 0.3 is 0 Å². The zero-order chi connectivity index (χ0) is 21.0. The minimum Gasteiger partial charge on any atom is -0.497 e. The fourth-order valence-electron chi connectivity index (χ4n) is 3.11. The largest absolute Gasteiger partial charge is 0.497 e. The maximum atomic E-state index is 13.2. The third-order valence-corrected chi connectivity index (χ3v) is 5.38. The average Bonchev–Trinajstić information content (AvgIpc) is 2.74. The van der Waals surface area contributed by atoms with Crippen molar-refractivity contribution in [3.05, 3.63) is 58.3 Å². The zero-order valence-corrected chi connectivity index (χ0v) is 17.8. The summed E-state index contributed by atoms with van der Waals surface area (Å²) < 4.78 is 24.4. The quantitative estimate of drug-likeness (QED) is 0.680. The predicted molar refractivity (Wildman–Crippen MR) is 110 cm³/mol. The van der Waals surface area contributed by atoms with Crippen LogP contribution in [0, 0.1) is 5.82 Å². The lowest BCUT2D eigenvalue weighted by Crippen LogP contribution is -2.53. The Bertz CT molecular complexity index is 883. The van der Waals surface area contributed by atoms with Crippen LogP contribution in [-0.2, 0) is 4.79 Å². The molecule has 0 bridgehead atoms. The van der Waals surface area contributed by atoms with Gasteiger partial charge < -0.3 is 19.3 Å². The molecule has 3 rings (SSSR count). The van der Waals surface area contributed by atoms with Gasteiger partial charge in [0, 0.05) is 31.7 Å². The molecule has 2 amide bonds. The number of methoxy groups -OCH3 is 1. The average molecular weight is 465 g/mol. The molecule has 29 heavy (non-hydrogen) atoms. The monoisotopic (exact) mass is 464 g/mol. The summed E-state index contributed by atoms with van der Waals surface area (Å²) in [4.78, 5) is 28.7. The SMILES string of the molecule is COc1ccc(C(=O)N2CCN(C(=O)C(C)Oc3ccc(F)cc3Br)CC2)cc1. The topological polar surface area (TPSA) is 59.1 Å². The molecule has 1 aliphatic rings. The van der Waals surface area contributed by atoms with Crippen molar-refractivity contribution in [1.82, 2.24) is 9.80 Å². The minimum atomic E-state index is -0.722. The number of carbonyl (C=O) groups excluding carboxylic acids is 2. The summed E-state index contributed by atoms with van der Waals surface area (Å²) in [6, 6.07) is 11.0. The van der Waals surface area contributed by atoms with Crippen LogP contribution in [0.3, 0.4) is 0 Å². The van der Waals surface area contributed by atoms with Crippen LogP contribution in [0.25, 0.3) is 0 Å². The van der Waals surface area contributed by atoms with Crippen LogP contribution < -0.4 is 9.47 Å². The van der Waals surface area contributed by atoms with Crippen LogP contribution in [0.5, 0.6) is 11.5 Å². The number of halogens is 2. The Morgan fingerprint density at radius 2 is 1.66 bits per heavy atom. The molecule has 0 N–H and O–H groups in total. The molecular formula is C21H22BrFN2O4. The Labute approximate surface area is 177 Å². The van der Waals surface area contributed by atoms with Gasteiger partial charge in [-0.2, -0.15) is 0 Å². The van der Waals surface area contributed by atoms with E-state index in [2.05, 4.69) is 15.9 Å². The molecule has 1 unspecified atom stereocenters. The first kappa shape index (κ1) is 21.1. The number of hydrogen-bond donors (Lipinski definition) is 0. The molecule has 0 saturated carbocycles. The number of carbonyl (C=O) groups is 2. The highest BCUT2D eigenvalue weighted by Gasteiger charge is 2.28. The molecule has 0 aliphatic carbocycles. The van der Waals surface area contributed by atoms with Gasteiger partial charge in [-0.3, -0.25) is 9.59 Å². The van der Waals surface area contributed by atoms with Crippen molar-refractivity contribution in [3.8, 4) is 11.5 Å². The second kappa shape index (κ2) is 9.26. The van der Waals surface area contributed by atoms with Gasteiger partial charge in [-0.05, 0) is 65.3 Å². The van der Waals surface area contributed by atoms with E-state index >= 15 is 0 Å². The third-order valence-electron chi connectivity index (χ3n) is 4.76. The predicted octanol–water partition coefficient (Wildman–Crippen LogP) is 3.35. The van der Waals surface area contributed by atoms with E-state index in [1.54, 1.807) is 48.1 Å². The highest BCUT2D eigenvalue weighted by Crippen LogP contribution is 2.26. The van der Waals surface area contributed by atoms with Crippen molar-refractivity contribution in [2.24, 2.45) is 0 Å². The van der Waals surface area contributed by atoms with E-state index in [0.29, 0.717) is 47.7 Å². The van der Waals surface area contributed by atoms with E-state index in [1.807, 2.05) is 0 Å². The molecule has 154 valence electrons. The molecule has 1 heterocycles. The van der Waals surface area contributed by atoms with Crippen molar-refractivity contribution in [2.75, 3.05) is 33.3 Å². The second-order valence-electron chi connectivity index (χ2n) is 6.68. The van der Waals surface area contributed by atoms with Gasteiger partial charge in [0.2, 0.25) is 0 Å². The number of benzene rings is 2. The Morgan fingerprint density at radius 3 is 2.24 bits per heavy atom. The summed E-state index contributed by atoms with van der Waals surface area (Å²) in [5, 5.41) is 0. The van der Waals surface area contributed by atoms with Gasteiger partial charge in [-0.1, -0.05) is 0 Å². The first-order chi connectivity index (χ1) is 13.9.